The zero-order chi connectivity index (χ0) is 18.8. The summed E-state index contributed by atoms with van der Waals surface area (Å²) >= 11 is 0. The van der Waals surface area contributed by atoms with E-state index < -0.39 is 0 Å². The topological polar surface area (TPSA) is 93.8 Å². The van der Waals surface area contributed by atoms with E-state index in [1.165, 1.54) is 11.8 Å². The monoisotopic (exact) mass is 322 g/mol. The number of hydrogen-bond donors (Lipinski definition) is 2. The van der Waals surface area contributed by atoms with Crippen LogP contribution in [0.1, 0.15) is 53.9 Å². The van der Waals surface area contributed by atoms with Crippen LogP contribution in [0.3, 0.4) is 0 Å². The molecule has 6 nitrogen and oxygen atoms in total. The smallest absolute Gasteiger partial charge is 0.209 e. The largest absolute Gasteiger partial charge is 0.396 e. The minimum Gasteiger partial charge on any atom is -0.396 e. The number of aliphatic hydroxyl groups is 2. The van der Waals surface area contributed by atoms with Crippen molar-refractivity contribution in [1.82, 2.24) is 4.90 Å². The van der Waals surface area contributed by atoms with E-state index in [1.54, 1.807) is 27.3 Å². The zero-order valence-corrected chi connectivity index (χ0v) is 15.8. The molecule has 2 N–H and O–H groups in total. The number of rotatable bonds is 6. The Bertz CT molecular complexity index is 193. The maximum absolute atomic E-state index is 9.43. The summed E-state index contributed by atoms with van der Waals surface area (Å²) in [6.07, 6.45) is 3.72. The van der Waals surface area contributed by atoms with E-state index in [1.807, 2.05) is 20.8 Å². The van der Waals surface area contributed by atoms with Crippen LogP contribution >= 0.6 is 0 Å². The summed E-state index contributed by atoms with van der Waals surface area (Å²) in [5, 5.41) is 23.7. The van der Waals surface area contributed by atoms with Gasteiger partial charge in [-0.25, -0.2) is 0 Å². The summed E-state index contributed by atoms with van der Waals surface area (Å²) in [6, 6.07) is 1.75. The Morgan fingerprint density at radius 2 is 1.64 bits per heavy atom. The molecule has 0 bridgehead atoms. The standard InChI is InChI=1S/C5H12O2.C4H10O.C3H7NO.C2H3N.C2H6/c1-5(7-2)3-4-6;1-2-3-4-5;1-4(2)3-5;1-2-3;1-2/h5-6H,3-4H2,1-2H3;5H,2-4H2,1H3;3H,1-2H3;1H3;1-2H3. The van der Waals surface area contributed by atoms with Gasteiger partial charge < -0.3 is 19.8 Å². The molecule has 1 amide bonds. The van der Waals surface area contributed by atoms with Crippen molar-refractivity contribution in [3.63, 3.8) is 0 Å². The van der Waals surface area contributed by atoms with Crippen LogP contribution in [0.2, 0.25) is 0 Å². The second-order valence-corrected chi connectivity index (χ2v) is 3.93. The quantitative estimate of drug-likeness (QED) is 0.733. The molecule has 0 saturated heterocycles. The van der Waals surface area contributed by atoms with Crippen molar-refractivity contribution in [2.45, 2.75) is 60.0 Å². The number of aliphatic hydroxyl groups excluding tert-OH is 2. The third kappa shape index (κ3) is 97.6. The summed E-state index contributed by atoms with van der Waals surface area (Å²) < 4.78 is 4.83. The van der Waals surface area contributed by atoms with E-state index in [9.17, 15) is 4.79 Å². The fourth-order valence-electron chi connectivity index (χ4n) is 0.458. The van der Waals surface area contributed by atoms with Crippen LogP contribution in [-0.2, 0) is 9.53 Å². The molecule has 22 heavy (non-hydrogen) atoms. The Labute approximate surface area is 137 Å². The molecule has 0 aromatic heterocycles. The third-order valence-electron chi connectivity index (χ3n) is 1.66. The first-order chi connectivity index (χ1) is 10.4. The Morgan fingerprint density at radius 3 is 1.68 bits per heavy atom. The number of nitriles is 1. The van der Waals surface area contributed by atoms with E-state index in [0.717, 1.165) is 25.7 Å². The number of nitrogens with zero attached hydrogens (tertiary/aromatic N) is 2. The summed E-state index contributed by atoms with van der Waals surface area (Å²) in [5.74, 6) is 0. The predicted molar refractivity (Wildman–Crippen MR) is 92.6 cm³/mol. The van der Waals surface area contributed by atoms with Gasteiger partial charge in [0.15, 0.2) is 0 Å². The summed E-state index contributed by atoms with van der Waals surface area (Å²) in [4.78, 5) is 10.9. The molecule has 0 aromatic carbocycles. The van der Waals surface area contributed by atoms with Crippen molar-refractivity contribution >= 4 is 6.41 Å². The number of carbonyl (C=O) groups is 1. The highest BCUT2D eigenvalue weighted by Crippen LogP contribution is 1.90. The zero-order valence-electron chi connectivity index (χ0n) is 15.8. The first kappa shape index (κ1) is 32.7. The molecular formula is C16H38N2O4. The van der Waals surface area contributed by atoms with Gasteiger partial charge in [-0.1, -0.05) is 27.2 Å². The van der Waals surface area contributed by atoms with Crippen LogP contribution in [0.4, 0.5) is 0 Å². The average molecular weight is 322 g/mol. The number of carbonyl (C=O) groups excluding carboxylic acids is 1. The normalized spacial score (nSPS) is 8.59. The first-order valence-corrected chi connectivity index (χ1v) is 7.58. The lowest BCUT2D eigenvalue weighted by Crippen LogP contribution is -2.06. The van der Waals surface area contributed by atoms with Gasteiger partial charge in [-0.2, -0.15) is 5.26 Å². The fourth-order valence-corrected chi connectivity index (χ4v) is 0.458. The highest BCUT2D eigenvalue weighted by molar-refractivity contribution is 5.45. The lowest BCUT2D eigenvalue weighted by molar-refractivity contribution is -0.115. The average Bonchev–Trinajstić information content (AvgIpc) is 2.52. The van der Waals surface area contributed by atoms with E-state index in [0.29, 0.717) is 6.61 Å². The van der Waals surface area contributed by atoms with Gasteiger partial charge in [0.05, 0.1) is 12.2 Å². The molecular weight excluding hydrogens is 284 g/mol. The van der Waals surface area contributed by atoms with Crippen molar-refractivity contribution in [2.75, 3.05) is 34.4 Å². The van der Waals surface area contributed by atoms with E-state index in [4.69, 9.17) is 20.2 Å². The minimum absolute atomic E-state index is 0.199. The number of unbranched alkanes of at least 4 members (excludes halogenated alkanes) is 1. The van der Waals surface area contributed by atoms with Gasteiger partial charge >= 0.3 is 0 Å². The van der Waals surface area contributed by atoms with E-state index in [-0.39, 0.29) is 12.7 Å². The second-order valence-electron chi connectivity index (χ2n) is 3.93. The number of ether oxygens (including phenoxy) is 1. The van der Waals surface area contributed by atoms with Gasteiger partial charge in [-0.3, -0.25) is 4.79 Å². The SMILES string of the molecule is CC.CC#N.CCCCO.CN(C)C=O.COC(C)CCO. The van der Waals surface area contributed by atoms with Gasteiger partial charge in [0.1, 0.15) is 0 Å². The Kier molecular flexibility index (Phi) is 63.5. The highest BCUT2D eigenvalue weighted by atomic mass is 16.5. The molecule has 0 fully saturated rings. The second kappa shape index (κ2) is 42.7. The molecule has 0 rings (SSSR count). The van der Waals surface area contributed by atoms with Gasteiger partial charge in [0.25, 0.3) is 0 Å². The Balaban J connectivity index is -0.0000000581. The maximum Gasteiger partial charge on any atom is 0.209 e. The van der Waals surface area contributed by atoms with Gasteiger partial charge in [0, 0.05) is 41.3 Å². The highest BCUT2D eigenvalue weighted by Gasteiger charge is 1.93. The van der Waals surface area contributed by atoms with Crippen LogP contribution in [-0.4, -0.2) is 62.0 Å². The lowest BCUT2D eigenvalue weighted by atomic mass is 10.3. The van der Waals surface area contributed by atoms with Crippen molar-refractivity contribution in [3.05, 3.63) is 0 Å². The molecule has 1 atom stereocenters. The fraction of sp³-hybridized carbons (Fsp3) is 0.875. The predicted octanol–water partition coefficient (Wildman–Crippen LogP) is 2.44. The Morgan fingerprint density at radius 1 is 1.27 bits per heavy atom. The summed E-state index contributed by atoms with van der Waals surface area (Å²) in [5.41, 5.74) is 0. The maximum atomic E-state index is 9.43. The molecule has 0 heterocycles. The number of methoxy groups -OCH3 is 1. The molecule has 0 radical (unpaired) electrons. The van der Waals surface area contributed by atoms with Gasteiger partial charge in [-0.15, -0.1) is 0 Å². The lowest BCUT2D eigenvalue weighted by Gasteiger charge is -2.04. The van der Waals surface area contributed by atoms with Crippen LogP contribution in [0, 0.1) is 11.3 Å². The number of amides is 1. The van der Waals surface area contributed by atoms with Crippen LogP contribution in [0.15, 0.2) is 0 Å². The van der Waals surface area contributed by atoms with Crippen molar-refractivity contribution in [2.24, 2.45) is 0 Å². The summed E-state index contributed by atoms with van der Waals surface area (Å²) in [7, 11) is 5.01. The molecule has 136 valence electrons. The third-order valence-corrected chi connectivity index (χ3v) is 1.66. The molecule has 0 spiro atoms. The molecule has 0 aliphatic carbocycles. The Hall–Kier alpha value is -1.16. The van der Waals surface area contributed by atoms with Crippen molar-refractivity contribution in [3.8, 4) is 6.07 Å². The molecule has 0 saturated carbocycles. The van der Waals surface area contributed by atoms with Crippen molar-refractivity contribution < 1.29 is 19.7 Å². The first-order valence-electron chi connectivity index (χ1n) is 7.58. The van der Waals surface area contributed by atoms with Crippen LogP contribution in [0.25, 0.3) is 0 Å². The number of hydrogen-bond acceptors (Lipinski definition) is 5. The van der Waals surface area contributed by atoms with Crippen LogP contribution < -0.4 is 0 Å². The molecule has 0 aromatic rings. The van der Waals surface area contributed by atoms with Crippen LogP contribution in [0.5, 0.6) is 0 Å². The molecule has 0 aliphatic heterocycles. The molecule has 1 unspecified atom stereocenters. The van der Waals surface area contributed by atoms with E-state index >= 15 is 0 Å². The van der Waals surface area contributed by atoms with Crippen molar-refractivity contribution in [1.29, 1.82) is 5.26 Å². The minimum atomic E-state index is 0.199. The van der Waals surface area contributed by atoms with Gasteiger partial charge in [0.2, 0.25) is 6.41 Å². The summed E-state index contributed by atoms with van der Waals surface area (Å²) in [6.45, 7) is 9.97. The van der Waals surface area contributed by atoms with Gasteiger partial charge in [-0.05, 0) is 19.8 Å². The van der Waals surface area contributed by atoms with E-state index in [2.05, 4.69) is 6.92 Å². The molecule has 0 aliphatic rings. The molecule has 6 heteroatoms.